The summed E-state index contributed by atoms with van der Waals surface area (Å²) < 4.78 is 12.3. The minimum absolute atomic E-state index is 0.189. The van der Waals surface area contributed by atoms with Crippen molar-refractivity contribution < 1.29 is 9.47 Å². The molecule has 0 N–H and O–H groups in total. The van der Waals surface area contributed by atoms with Gasteiger partial charge in [-0.2, -0.15) is 0 Å². The van der Waals surface area contributed by atoms with Gasteiger partial charge in [-0.25, -0.2) is 0 Å². The van der Waals surface area contributed by atoms with Gasteiger partial charge in [-0.3, -0.25) is 9.88 Å². The maximum Gasteiger partial charge on any atom is 0.0992 e. The van der Waals surface area contributed by atoms with Gasteiger partial charge in [0.25, 0.3) is 0 Å². The van der Waals surface area contributed by atoms with Gasteiger partial charge < -0.3 is 9.47 Å². The summed E-state index contributed by atoms with van der Waals surface area (Å²) >= 11 is 0. The van der Waals surface area contributed by atoms with Crippen molar-refractivity contribution in [3.8, 4) is 0 Å². The average molecular weight is 324 g/mol. The molecule has 0 amide bonds. The molecule has 0 unspecified atom stereocenters. The predicted octanol–water partition coefficient (Wildman–Crippen LogP) is 3.03. The Hall–Kier alpha value is -1.75. The number of morpholine rings is 1. The Balaban J connectivity index is 1.37. The van der Waals surface area contributed by atoms with Crippen LogP contribution in [0.5, 0.6) is 0 Å². The second-order valence-electron chi connectivity index (χ2n) is 6.65. The van der Waals surface area contributed by atoms with E-state index in [9.17, 15) is 0 Å². The quantitative estimate of drug-likeness (QED) is 0.847. The largest absolute Gasteiger partial charge is 0.373 e. The van der Waals surface area contributed by atoms with Gasteiger partial charge in [-0.15, -0.1) is 0 Å². The van der Waals surface area contributed by atoms with E-state index in [-0.39, 0.29) is 12.2 Å². The third-order valence-corrected chi connectivity index (χ3v) is 5.07. The number of nitrogens with zero attached hydrogens (tertiary/aromatic N) is 2. The number of benzene rings is 1. The van der Waals surface area contributed by atoms with Gasteiger partial charge in [0, 0.05) is 31.5 Å². The fourth-order valence-electron chi connectivity index (χ4n) is 3.87. The average Bonchev–Trinajstić information content (AvgIpc) is 3.06. The molecule has 4 heteroatoms. The molecule has 4 nitrogen and oxygen atoms in total. The first-order valence-corrected chi connectivity index (χ1v) is 8.80. The summed E-state index contributed by atoms with van der Waals surface area (Å²) in [5.41, 5.74) is 2.50. The molecular weight excluding hydrogens is 300 g/mol. The molecule has 1 aliphatic carbocycles. The van der Waals surface area contributed by atoms with Crippen LogP contribution in [0.4, 0.5) is 0 Å². The number of aromatic nitrogens is 1. The first-order chi connectivity index (χ1) is 11.9. The topological polar surface area (TPSA) is 34.6 Å². The molecule has 1 aromatic heterocycles. The minimum atomic E-state index is 0.189. The van der Waals surface area contributed by atoms with E-state index in [0.29, 0.717) is 12.6 Å². The second-order valence-corrected chi connectivity index (χ2v) is 6.65. The van der Waals surface area contributed by atoms with Crippen LogP contribution in [0.3, 0.4) is 0 Å². The van der Waals surface area contributed by atoms with E-state index < -0.39 is 0 Å². The molecule has 0 radical (unpaired) electrons. The Morgan fingerprint density at radius 2 is 1.96 bits per heavy atom. The van der Waals surface area contributed by atoms with Crippen LogP contribution in [0.15, 0.2) is 54.9 Å². The first kappa shape index (κ1) is 15.8. The maximum atomic E-state index is 6.17. The Bertz CT molecular complexity index is 635. The molecule has 0 spiro atoms. The molecule has 2 fully saturated rings. The number of rotatable bonds is 5. The van der Waals surface area contributed by atoms with Crippen molar-refractivity contribution in [2.75, 3.05) is 13.2 Å². The van der Waals surface area contributed by atoms with Gasteiger partial charge in [0.2, 0.25) is 0 Å². The first-order valence-electron chi connectivity index (χ1n) is 8.80. The number of hydrogen-bond donors (Lipinski definition) is 0. The maximum absolute atomic E-state index is 6.17. The SMILES string of the molecule is c1ccc(CN2CCO[C@H]3[C@@H](OCc4cccnc4)CC[C@@H]32)cc1. The molecular formula is C20H24N2O2. The standard InChI is InChI=1S/C20H24N2O2/c1-2-5-16(6-3-1)14-22-11-12-23-20-18(22)8-9-19(20)24-15-17-7-4-10-21-13-17/h1-7,10,13,18-20H,8-9,11-12,14-15H2/t18-,19-,20+/m0/s1. The summed E-state index contributed by atoms with van der Waals surface area (Å²) in [6.45, 7) is 3.41. The molecule has 126 valence electrons. The predicted molar refractivity (Wildman–Crippen MR) is 92.4 cm³/mol. The molecule has 1 saturated heterocycles. The monoisotopic (exact) mass is 324 g/mol. The lowest BCUT2D eigenvalue weighted by Crippen LogP contribution is -2.51. The van der Waals surface area contributed by atoms with Crippen molar-refractivity contribution in [1.29, 1.82) is 0 Å². The lowest BCUT2D eigenvalue weighted by Gasteiger charge is -2.39. The Morgan fingerprint density at radius 1 is 1.08 bits per heavy atom. The molecule has 0 bridgehead atoms. The number of hydrogen-bond acceptors (Lipinski definition) is 4. The zero-order chi connectivity index (χ0) is 16.2. The summed E-state index contributed by atoms with van der Waals surface area (Å²) in [5.74, 6) is 0. The van der Waals surface area contributed by atoms with Gasteiger partial charge in [0.05, 0.1) is 25.4 Å². The Morgan fingerprint density at radius 3 is 2.79 bits per heavy atom. The number of fused-ring (bicyclic) bond motifs is 1. The molecule has 24 heavy (non-hydrogen) atoms. The highest BCUT2D eigenvalue weighted by molar-refractivity contribution is 5.15. The van der Waals surface area contributed by atoms with Crippen LogP contribution >= 0.6 is 0 Å². The lowest BCUT2D eigenvalue weighted by atomic mass is 10.1. The van der Waals surface area contributed by atoms with Crippen molar-refractivity contribution in [3.05, 3.63) is 66.0 Å². The van der Waals surface area contributed by atoms with Crippen LogP contribution in [0, 0.1) is 0 Å². The van der Waals surface area contributed by atoms with Gasteiger partial charge >= 0.3 is 0 Å². The van der Waals surface area contributed by atoms with E-state index in [2.05, 4.69) is 46.3 Å². The summed E-state index contributed by atoms with van der Waals surface area (Å²) in [6, 6.07) is 15.2. The Labute approximate surface area is 143 Å². The summed E-state index contributed by atoms with van der Waals surface area (Å²) in [4.78, 5) is 6.72. The van der Waals surface area contributed by atoms with Crippen LogP contribution in [-0.2, 0) is 22.6 Å². The van der Waals surface area contributed by atoms with Crippen LogP contribution in [0.25, 0.3) is 0 Å². The van der Waals surface area contributed by atoms with Crippen molar-refractivity contribution in [3.63, 3.8) is 0 Å². The fraction of sp³-hybridized carbons (Fsp3) is 0.450. The minimum Gasteiger partial charge on any atom is -0.373 e. The van der Waals surface area contributed by atoms with E-state index >= 15 is 0 Å². The zero-order valence-corrected chi connectivity index (χ0v) is 13.9. The van der Waals surface area contributed by atoms with Crippen LogP contribution in [-0.4, -0.2) is 41.3 Å². The van der Waals surface area contributed by atoms with E-state index in [1.807, 2.05) is 12.3 Å². The molecule has 3 atom stereocenters. The molecule has 1 aliphatic heterocycles. The zero-order valence-electron chi connectivity index (χ0n) is 13.9. The molecule has 4 rings (SSSR count). The third-order valence-electron chi connectivity index (χ3n) is 5.07. The highest BCUT2D eigenvalue weighted by Gasteiger charge is 2.43. The summed E-state index contributed by atoms with van der Waals surface area (Å²) in [7, 11) is 0. The lowest BCUT2D eigenvalue weighted by molar-refractivity contribution is -0.118. The van der Waals surface area contributed by atoms with E-state index in [4.69, 9.17) is 9.47 Å². The van der Waals surface area contributed by atoms with Crippen LogP contribution in [0.1, 0.15) is 24.0 Å². The van der Waals surface area contributed by atoms with E-state index in [1.165, 1.54) is 5.56 Å². The van der Waals surface area contributed by atoms with Gasteiger partial charge in [-0.05, 0) is 30.0 Å². The van der Waals surface area contributed by atoms with Crippen molar-refractivity contribution in [1.82, 2.24) is 9.88 Å². The molecule has 2 aromatic rings. The van der Waals surface area contributed by atoms with Gasteiger partial charge in [-0.1, -0.05) is 36.4 Å². The van der Waals surface area contributed by atoms with Crippen molar-refractivity contribution in [2.24, 2.45) is 0 Å². The molecule has 2 aliphatic rings. The third kappa shape index (κ3) is 3.51. The normalized spacial score (nSPS) is 27.1. The van der Waals surface area contributed by atoms with Gasteiger partial charge in [0.15, 0.2) is 0 Å². The van der Waals surface area contributed by atoms with Crippen molar-refractivity contribution >= 4 is 0 Å². The van der Waals surface area contributed by atoms with E-state index in [1.54, 1.807) is 6.20 Å². The highest BCUT2D eigenvalue weighted by Crippen LogP contribution is 2.33. The molecule has 1 aromatic carbocycles. The fourth-order valence-corrected chi connectivity index (χ4v) is 3.87. The van der Waals surface area contributed by atoms with Crippen LogP contribution < -0.4 is 0 Å². The van der Waals surface area contributed by atoms with E-state index in [0.717, 1.165) is 38.1 Å². The second kappa shape index (κ2) is 7.43. The summed E-state index contributed by atoms with van der Waals surface area (Å²) in [6.07, 6.45) is 6.26. The van der Waals surface area contributed by atoms with Crippen molar-refractivity contribution in [2.45, 2.75) is 44.2 Å². The van der Waals surface area contributed by atoms with Gasteiger partial charge in [0.1, 0.15) is 0 Å². The molecule has 2 heterocycles. The van der Waals surface area contributed by atoms with Crippen LogP contribution in [0.2, 0.25) is 0 Å². The number of ether oxygens (including phenoxy) is 2. The summed E-state index contributed by atoms with van der Waals surface area (Å²) in [5, 5.41) is 0. The molecule has 1 saturated carbocycles. The Kier molecular flexibility index (Phi) is 4.88. The highest BCUT2D eigenvalue weighted by atomic mass is 16.5. The smallest absolute Gasteiger partial charge is 0.0992 e. The number of pyridine rings is 1.